The molecule has 1 aromatic heterocycles. The van der Waals surface area contributed by atoms with Crippen LogP contribution < -0.4 is 15.4 Å². The van der Waals surface area contributed by atoms with Crippen molar-refractivity contribution in [2.45, 2.75) is 38.9 Å². The minimum Gasteiger partial charge on any atom is -0.497 e. The molecule has 11 heteroatoms. The van der Waals surface area contributed by atoms with E-state index in [0.717, 1.165) is 28.3 Å². The van der Waals surface area contributed by atoms with Gasteiger partial charge in [0.1, 0.15) is 5.75 Å². The molecule has 0 fully saturated rings. The first kappa shape index (κ1) is 31.8. The molecule has 1 heterocycles. The number of aromatic nitrogens is 2. The van der Waals surface area contributed by atoms with E-state index >= 15 is 0 Å². The number of carbonyl (C=O) groups excluding carboxylic acids is 1. The van der Waals surface area contributed by atoms with Gasteiger partial charge in [0.05, 0.1) is 41.5 Å². The Morgan fingerprint density at radius 1 is 1.14 bits per heavy atom. The summed E-state index contributed by atoms with van der Waals surface area (Å²) in [5.41, 5.74) is 4.03. The van der Waals surface area contributed by atoms with Crippen molar-refractivity contribution in [3.05, 3.63) is 112 Å². The van der Waals surface area contributed by atoms with E-state index in [4.69, 9.17) is 45.4 Å². The first-order chi connectivity index (χ1) is 20.8. The van der Waals surface area contributed by atoms with Gasteiger partial charge in [-0.3, -0.25) is 4.79 Å². The van der Waals surface area contributed by atoms with Crippen LogP contribution in [0.15, 0.2) is 79.3 Å². The third-order valence-corrected chi connectivity index (χ3v) is 8.11. The molecule has 4 aromatic rings. The molecule has 0 unspecified atom stereocenters. The molecule has 0 radical (unpaired) electrons. The lowest BCUT2D eigenvalue weighted by Crippen LogP contribution is -2.47. The molecule has 0 spiro atoms. The normalized spacial score (nSPS) is 11.3. The molecule has 1 amide bonds. The standard InChI is InChI=1S/C32H32Cl2N6O2S/c1-3-25(37-30(41)15-27-17-36-21-40(27)18-23-9-7-22(16-35)8-10-23)20-39(19-24-5-4-6-29(33)31(24)34)32(43)38-26-11-13-28(42-2)14-12-26/h4-14,17,21,25H,3,15,18-20H2,1-2H3,(H,37,41)(H,38,43)/t25-/m0/s1. The molecule has 0 saturated carbocycles. The van der Waals surface area contributed by atoms with Crippen LogP contribution in [0.25, 0.3) is 0 Å². The Balaban J connectivity index is 1.45. The molecule has 222 valence electrons. The minimum atomic E-state index is -0.198. The first-order valence-electron chi connectivity index (χ1n) is 13.7. The number of anilines is 1. The summed E-state index contributed by atoms with van der Waals surface area (Å²) in [5, 5.41) is 16.9. The number of carbonyl (C=O) groups is 1. The average molecular weight is 636 g/mol. The number of amides is 1. The van der Waals surface area contributed by atoms with Gasteiger partial charge in [-0.15, -0.1) is 0 Å². The number of benzene rings is 3. The van der Waals surface area contributed by atoms with E-state index in [1.54, 1.807) is 37.8 Å². The minimum absolute atomic E-state index is 0.122. The zero-order chi connectivity index (χ0) is 30.8. The van der Waals surface area contributed by atoms with E-state index < -0.39 is 0 Å². The molecular weight excluding hydrogens is 603 g/mol. The number of nitrogens with one attached hydrogen (secondary N) is 2. The fourth-order valence-corrected chi connectivity index (χ4v) is 5.11. The van der Waals surface area contributed by atoms with E-state index in [2.05, 4.69) is 21.7 Å². The zero-order valence-electron chi connectivity index (χ0n) is 23.9. The number of thiocarbonyl (C=S) groups is 1. The Morgan fingerprint density at radius 3 is 2.56 bits per heavy atom. The Bertz CT molecular complexity index is 1580. The summed E-state index contributed by atoms with van der Waals surface area (Å²) >= 11 is 18.7. The highest BCUT2D eigenvalue weighted by Crippen LogP contribution is 2.27. The summed E-state index contributed by atoms with van der Waals surface area (Å²) in [6.07, 6.45) is 4.26. The summed E-state index contributed by atoms with van der Waals surface area (Å²) < 4.78 is 7.19. The predicted octanol–water partition coefficient (Wildman–Crippen LogP) is 6.45. The largest absolute Gasteiger partial charge is 0.497 e. The van der Waals surface area contributed by atoms with Crippen molar-refractivity contribution < 1.29 is 9.53 Å². The van der Waals surface area contributed by atoms with Gasteiger partial charge in [-0.1, -0.05) is 54.4 Å². The van der Waals surface area contributed by atoms with Crippen molar-refractivity contribution in [3.63, 3.8) is 0 Å². The zero-order valence-corrected chi connectivity index (χ0v) is 26.2. The monoisotopic (exact) mass is 634 g/mol. The highest BCUT2D eigenvalue weighted by molar-refractivity contribution is 7.80. The Hall–Kier alpha value is -4.10. The topological polar surface area (TPSA) is 95.2 Å². The van der Waals surface area contributed by atoms with Crippen LogP contribution in [0, 0.1) is 11.3 Å². The molecule has 0 bridgehead atoms. The smallest absolute Gasteiger partial charge is 0.226 e. The number of halogens is 2. The lowest BCUT2D eigenvalue weighted by Gasteiger charge is -2.30. The number of rotatable bonds is 12. The number of ether oxygens (including phenoxy) is 1. The lowest BCUT2D eigenvalue weighted by atomic mass is 10.1. The van der Waals surface area contributed by atoms with Crippen molar-refractivity contribution >= 4 is 52.1 Å². The predicted molar refractivity (Wildman–Crippen MR) is 174 cm³/mol. The van der Waals surface area contributed by atoms with Crippen LogP contribution in [-0.2, 0) is 24.3 Å². The quantitative estimate of drug-likeness (QED) is 0.173. The Labute approximate surface area is 267 Å². The summed E-state index contributed by atoms with van der Waals surface area (Å²) in [6.45, 7) is 3.40. The van der Waals surface area contributed by atoms with Crippen molar-refractivity contribution in [3.8, 4) is 11.8 Å². The third kappa shape index (κ3) is 8.94. The van der Waals surface area contributed by atoms with Gasteiger partial charge in [-0.05, 0) is 72.2 Å². The van der Waals surface area contributed by atoms with Crippen LogP contribution in [0.2, 0.25) is 10.0 Å². The molecule has 1 atom stereocenters. The summed E-state index contributed by atoms with van der Waals surface area (Å²) in [5.74, 6) is 0.620. The first-order valence-corrected chi connectivity index (χ1v) is 14.9. The van der Waals surface area contributed by atoms with Gasteiger partial charge in [-0.2, -0.15) is 5.26 Å². The van der Waals surface area contributed by atoms with E-state index in [-0.39, 0.29) is 18.4 Å². The lowest BCUT2D eigenvalue weighted by molar-refractivity contribution is -0.121. The van der Waals surface area contributed by atoms with Crippen LogP contribution >= 0.6 is 35.4 Å². The fourth-order valence-electron chi connectivity index (χ4n) is 4.48. The van der Waals surface area contributed by atoms with Gasteiger partial charge >= 0.3 is 0 Å². The third-order valence-electron chi connectivity index (χ3n) is 6.90. The van der Waals surface area contributed by atoms with E-state index in [9.17, 15) is 4.79 Å². The van der Waals surface area contributed by atoms with E-state index in [1.165, 1.54) is 0 Å². The molecule has 0 aliphatic carbocycles. The summed E-state index contributed by atoms with van der Waals surface area (Å²) in [4.78, 5) is 19.4. The molecule has 0 aliphatic rings. The molecule has 8 nitrogen and oxygen atoms in total. The highest BCUT2D eigenvalue weighted by atomic mass is 35.5. The van der Waals surface area contributed by atoms with Crippen molar-refractivity contribution in [2.24, 2.45) is 0 Å². The van der Waals surface area contributed by atoms with Crippen molar-refractivity contribution in [1.29, 1.82) is 5.26 Å². The number of hydrogen-bond acceptors (Lipinski definition) is 5. The maximum atomic E-state index is 13.2. The SMILES string of the molecule is CC[C@@H](CN(Cc1cccc(Cl)c1Cl)C(=S)Nc1ccc(OC)cc1)NC(=O)Cc1cncn1Cc1ccc(C#N)cc1. The van der Waals surface area contributed by atoms with Crippen LogP contribution in [0.4, 0.5) is 5.69 Å². The number of nitrogens with zero attached hydrogens (tertiary/aromatic N) is 4. The van der Waals surface area contributed by atoms with Crippen LogP contribution in [0.5, 0.6) is 5.75 Å². The molecule has 2 N–H and O–H groups in total. The second-order valence-corrected chi connectivity index (χ2v) is 11.1. The van der Waals surface area contributed by atoms with Gasteiger partial charge in [-0.25, -0.2) is 4.98 Å². The van der Waals surface area contributed by atoms with Crippen molar-refractivity contribution in [2.75, 3.05) is 19.0 Å². The Kier molecular flexibility index (Phi) is 11.4. The maximum Gasteiger partial charge on any atom is 0.226 e. The second-order valence-electron chi connectivity index (χ2n) is 9.92. The van der Waals surface area contributed by atoms with Crippen LogP contribution in [0.3, 0.4) is 0 Å². The van der Waals surface area contributed by atoms with Gasteiger partial charge in [0.15, 0.2) is 5.11 Å². The molecule has 43 heavy (non-hydrogen) atoms. The van der Waals surface area contributed by atoms with E-state index in [0.29, 0.717) is 46.8 Å². The highest BCUT2D eigenvalue weighted by Gasteiger charge is 2.20. The van der Waals surface area contributed by atoms with Gasteiger partial charge in [0, 0.05) is 43.3 Å². The summed E-state index contributed by atoms with van der Waals surface area (Å²) in [6, 6.07) is 22.3. The molecule has 0 saturated heterocycles. The molecule has 4 rings (SSSR count). The molecule has 3 aromatic carbocycles. The second kappa shape index (κ2) is 15.4. The van der Waals surface area contributed by atoms with Gasteiger partial charge < -0.3 is 24.8 Å². The van der Waals surface area contributed by atoms with Crippen LogP contribution in [-0.4, -0.2) is 45.2 Å². The Morgan fingerprint density at radius 2 is 1.88 bits per heavy atom. The average Bonchev–Trinajstić information content (AvgIpc) is 3.45. The van der Waals surface area contributed by atoms with Crippen LogP contribution in [0.1, 0.15) is 35.7 Å². The number of nitriles is 1. The molecular formula is C32H32Cl2N6O2S. The van der Waals surface area contributed by atoms with Gasteiger partial charge in [0.25, 0.3) is 0 Å². The van der Waals surface area contributed by atoms with Gasteiger partial charge in [0.2, 0.25) is 5.91 Å². The number of imidazole rings is 1. The summed E-state index contributed by atoms with van der Waals surface area (Å²) in [7, 11) is 1.62. The number of methoxy groups -OCH3 is 1. The van der Waals surface area contributed by atoms with E-state index in [1.807, 2.05) is 64.9 Å². The fraction of sp³-hybridized carbons (Fsp3) is 0.250. The maximum absolute atomic E-state index is 13.2. The number of hydrogen-bond donors (Lipinski definition) is 2. The molecule has 0 aliphatic heterocycles. The van der Waals surface area contributed by atoms with Crippen molar-refractivity contribution in [1.82, 2.24) is 19.8 Å².